The minimum Gasteiger partial charge on any atom is -0.387 e. The zero-order valence-electron chi connectivity index (χ0n) is 9.93. The van der Waals surface area contributed by atoms with Crippen molar-refractivity contribution in [2.75, 3.05) is 24.6 Å². The Kier molecular flexibility index (Phi) is 3.12. The number of aliphatic hydroxyl groups is 1. The number of likely N-dealkylation sites (tertiary alicyclic amines) is 1. The predicted molar refractivity (Wildman–Crippen MR) is 63.8 cm³/mol. The molecule has 0 saturated carbocycles. The SMILES string of the molecule is CCCC1(O)CN(Cc2nc(N)nc(N)n2)C1. The molecule has 17 heavy (non-hydrogen) atoms. The van der Waals surface area contributed by atoms with Gasteiger partial charge in [0, 0.05) is 13.1 Å². The number of nitrogens with two attached hydrogens (primary N) is 2. The second-order valence-electron chi connectivity index (χ2n) is 4.59. The van der Waals surface area contributed by atoms with Gasteiger partial charge in [-0.2, -0.15) is 15.0 Å². The first kappa shape index (κ1) is 12.0. The van der Waals surface area contributed by atoms with Crippen LogP contribution in [0, 0.1) is 0 Å². The minimum absolute atomic E-state index is 0.136. The van der Waals surface area contributed by atoms with Crippen molar-refractivity contribution >= 4 is 11.9 Å². The molecule has 0 unspecified atom stereocenters. The summed E-state index contributed by atoms with van der Waals surface area (Å²) in [6.07, 6.45) is 1.81. The van der Waals surface area contributed by atoms with E-state index >= 15 is 0 Å². The van der Waals surface area contributed by atoms with Crippen molar-refractivity contribution in [3.63, 3.8) is 0 Å². The van der Waals surface area contributed by atoms with Crippen molar-refractivity contribution in [1.29, 1.82) is 0 Å². The van der Waals surface area contributed by atoms with Gasteiger partial charge in [-0.15, -0.1) is 0 Å². The Bertz CT molecular complexity index is 384. The number of hydrogen-bond acceptors (Lipinski definition) is 7. The molecular weight excluding hydrogens is 220 g/mol. The number of anilines is 2. The van der Waals surface area contributed by atoms with Gasteiger partial charge in [0.05, 0.1) is 12.1 Å². The number of aromatic nitrogens is 3. The van der Waals surface area contributed by atoms with Crippen LogP contribution in [0.4, 0.5) is 11.9 Å². The molecule has 0 bridgehead atoms. The fourth-order valence-electron chi connectivity index (χ4n) is 2.25. The second-order valence-corrected chi connectivity index (χ2v) is 4.59. The maximum absolute atomic E-state index is 10.0. The fraction of sp³-hybridized carbons (Fsp3) is 0.700. The summed E-state index contributed by atoms with van der Waals surface area (Å²) < 4.78 is 0. The summed E-state index contributed by atoms with van der Waals surface area (Å²) in [5, 5.41) is 10.0. The smallest absolute Gasteiger partial charge is 0.225 e. The van der Waals surface area contributed by atoms with E-state index in [1.807, 2.05) is 0 Å². The lowest BCUT2D eigenvalue weighted by molar-refractivity contribution is -0.107. The van der Waals surface area contributed by atoms with E-state index in [0.717, 1.165) is 12.8 Å². The monoisotopic (exact) mass is 238 g/mol. The molecule has 1 aromatic rings. The number of hydrogen-bond donors (Lipinski definition) is 3. The van der Waals surface area contributed by atoms with Gasteiger partial charge in [-0.3, -0.25) is 4.90 Å². The Morgan fingerprint density at radius 3 is 2.35 bits per heavy atom. The third-order valence-corrected chi connectivity index (χ3v) is 2.83. The van der Waals surface area contributed by atoms with Crippen molar-refractivity contribution in [3.8, 4) is 0 Å². The maximum atomic E-state index is 10.0. The molecule has 0 amide bonds. The van der Waals surface area contributed by atoms with E-state index in [1.165, 1.54) is 0 Å². The van der Waals surface area contributed by atoms with E-state index in [-0.39, 0.29) is 11.9 Å². The predicted octanol–water partition coefficient (Wildman–Crippen LogP) is -0.617. The van der Waals surface area contributed by atoms with Crippen LogP contribution < -0.4 is 11.5 Å². The summed E-state index contributed by atoms with van der Waals surface area (Å²) in [5.74, 6) is 0.822. The summed E-state index contributed by atoms with van der Waals surface area (Å²) in [6.45, 7) is 3.90. The molecule has 1 fully saturated rings. The highest BCUT2D eigenvalue weighted by molar-refractivity contribution is 5.25. The summed E-state index contributed by atoms with van der Waals surface area (Å²) in [6, 6.07) is 0. The molecule has 0 radical (unpaired) electrons. The molecule has 0 atom stereocenters. The first-order chi connectivity index (χ1) is 8.00. The van der Waals surface area contributed by atoms with Gasteiger partial charge in [-0.1, -0.05) is 13.3 Å². The van der Waals surface area contributed by atoms with Gasteiger partial charge < -0.3 is 16.6 Å². The molecule has 2 rings (SSSR count). The Balaban J connectivity index is 1.91. The van der Waals surface area contributed by atoms with Gasteiger partial charge in [-0.05, 0) is 6.42 Å². The highest BCUT2D eigenvalue weighted by atomic mass is 16.3. The molecule has 5 N–H and O–H groups in total. The van der Waals surface area contributed by atoms with Crippen LogP contribution in [0.1, 0.15) is 25.6 Å². The molecular formula is C10H18N6O. The van der Waals surface area contributed by atoms with E-state index in [4.69, 9.17) is 11.5 Å². The van der Waals surface area contributed by atoms with Crippen LogP contribution in [-0.4, -0.2) is 43.6 Å². The molecule has 1 saturated heterocycles. The quantitative estimate of drug-likeness (QED) is 0.640. The topological polar surface area (TPSA) is 114 Å². The van der Waals surface area contributed by atoms with Crippen molar-refractivity contribution in [2.45, 2.75) is 31.9 Å². The third-order valence-electron chi connectivity index (χ3n) is 2.83. The molecule has 1 aliphatic heterocycles. The minimum atomic E-state index is -0.543. The van der Waals surface area contributed by atoms with Crippen LogP contribution in [0.25, 0.3) is 0 Å². The number of rotatable bonds is 4. The van der Waals surface area contributed by atoms with Gasteiger partial charge in [0.2, 0.25) is 11.9 Å². The second kappa shape index (κ2) is 4.42. The summed E-state index contributed by atoms with van der Waals surface area (Å²) in [4.78, 5) is 13.8. The van der Waals surface area contributed by atoms with Gasteiger partial charge >= 0.3 is 0 Å². The Morgan fingerprint density at radius 2 is 1.82 bits per heavy atom. The van der Waals surface area contributed by atoms with E-state index in [2.05, 4.69) is 26.8 Å². The Morgan fingerprint density at radius 1 is 1.24 bits per heavy atom. The van der Waals surface area contributed by atoms with Crippen LogP contribution in [0.2, 0.25) is 0 Å². The normalized spacial score (nSPS) is 18.9. The molecule has 0 spiro atoms. The molecule has 7 heteroatoms. The van der Waals surface area contributed by atoms with Crippen LogP contribution in [-0.2, 0) is 6.54 Å². The highest BCUT2D eigenvalue weighted by Crippen LogP contribution is 2.26. The van der Waals surface area contributed by atoms with Crippen LogP contribution in [0.3, 0.4) is 0 Å². The largest absolute Gasteiger partial charge is 0.387 e. The third kappa shape index (κ3) is 2.80. The number of β-amino-alcohol motifs (C(OH)–C–C–N with tert-alkyl or cyclic N) is 1. The average molecular weight is 238 g/mol. The lowest BCUT2D eigenvalue weighted by atomic mass is 9.89. The zero-order valence-corrected chi connectivity index (χ0v) is 9.93. The van der Waals surface area contributed by atoms with Crippen LogP contribution >= 0.6 is 0 Å². The van der Waals surface area contributed by atoms with Crippen LogP contribution in [0.5, 0.6) is 0 Å². The van der Waals surface area contributed by atoms with Gasteiger partial charge in [-0.25, -0.2) is 0 Å². The van der Waals surface area contributed by atoms with Crippen LogP contribution in [0.15, 0.2) is 0 Å². The average Bonchev–Trinajstić information content (AvgIpc) is 2.13. The summed E-state index contributed by atoms with van der Waals surface area (Å²) in [7, 11) is 0. The lowest BCUT2D eigenvalue weighted by Crippen LogP contribution is -2.61. The first-order valence-electron chi connectivity index (χ1n) is 5.71. The molecule has 2 heterocycles. The van der Waals surface area contributed by atoms with E-state index in [0.29, 0.717) is 25.5 Å². The zero-order chi connectivity index (χ0) is 12.5. The maximum Gasteiger partial charge on any atom is 0.225 e. The first-order valence-corrected chi connectivity index (χ1v) is 5.71. The molecule has 1 aromatic heterocycles. The number of nitrogen functional groups attached to an aromatic ring is 2. The van der Waals surface area contributed by atoms with Gasteiger partial charge in [0.25, 0.3) is 0 Å². The van der Waals surface area contributed by atoms with Crippen molar-refractivity contribution in [1.82, 2.24) is 19.9 Å². The Labute approximate surface area is 99.9 Å². The van der Waals surface area contributed by atoms with Crippen molar-refractivity contribution < 1.29 is 5.11 Å². The Hall–Kier alpha value is -1.47. The van der Waals surface area contributed by atoms with Gasteiger partial charge in [0.15, 0.2) is 0 Å². The molecule has 1 aliphatic rings. The molecule has 94 valence electrons. The molecule has 7 nitrogen and oxygen atoms in total. The summed E-state index contributed by atoms with van der Waals surface area (Å²) in [5.41, 5.74) is 10.4. The standard InChI is InChI=1S/C10H18N6O/c1-2-3-10(17)5-16(6-10)4-7-13-8(11)15-9(12)14-7/h17H,2-6H2,1H3,(H4,11,12,13,14,15). The number of nitrogens with zero attached hydrogens (tertiary/aromatic N) is 4. The highest BCUT2D eigenvalue weighted by Gasteiger charge is 2.40. The van der Waals surface area contributed by atoms with E-state index in [9.17, 15) is 5.11 Å². The van der Waals surface area contributed by atoms with Crippen molar-refractivity contribution in [2.24, 2.45) is 0 Å². The molecule has 0 aromatic carbocycles. The fourth-order valence-corrected chi connectivity index (χ4v) is 2.25. The van der Waals surface area contributed by atoms with Gasteiger partial charge in [0.1, 0.15) is 5.82 Å². The lowest BCUT2D eigenvalue weighted by Gasteiger charge is -2.46. The summed E-state index contributed by atoms with van der Waals surface area (Å²) >= 11 is 0. The van der Waals surface area contributed by atoms with Crippen molar-refractivity contribution in [3.05, 3.63) is 5.82 Å². The molecule has 0 aliphatic carbocycles. The van der Waals surface area contributed by atoms with E-state index < -0.39 is 5.60 Å². The van der Waals surface area contributed by atoms with E-state index in [1.54, 1.807) is 0 Å².